The van der Waals surface area contributed by atoms with E-state index in [-0.39, 0.29) is 25.4 Å². The zero-order valence-electron chi connectivity index (χ0n) is 15.4. The molecule has 150 valence electrons. The molecule has 3 N–H and O–H groups in total. The number of primary amides is 1. The van der Waals surface area contributed by atoms with Crippen LogP contribution < -0.4 is 15.8 Å². The Labute approximate surface area is 172 Å². The molecule has 1 heterocycles. The second-order valence-corrected chi connectivity index (χ2v) is 6.59. The third-order valence-corrected chi connectivity index (χ3v) is 4.14. The normalized spacial score (nSPS) is 10.5. The summed E-state index contributed by atoms with van der Waals surface area (Å²) >= 11 is 5.87. The first-order valence-corrected chi connectivity index (χ1v) is 9.27. The van der Waals surface area contributed by atoms with Crippen molar-refractivity contribution in [2.45, 2.75) is 19.3 Å². The fourth-order valence-corrected chi connectivity index (χ4v) is 2.55. The van der Waals surface area contributed by atoms with Gasteiger partial charge in [-0.25, -0.2) is 0 Å². The summed E-state index contributed by atoms with van der Waals surface area (Å²) in [5.74, 6) is 0.811. The molecule has 0 spiro atoms. The van der Waals surface area contributed by atoms with E-state index in [2.05, 4.69) is 15.5 Å². The minimum absolute atomic E-state index is 0.147. The van der Waals surface area contributed by atoms with Crippen molar-refractivity contribution in [3.05, 3.63) is 59.4 Å². The molecule has 3 aromatic rings. The predicted octanol–water partition coefficient (Wildman–Crippen LogP) is 3.22. The van der Waals surface area contributed by atoms with Crippen molar-refractivity contribution in [1.82, 2.24) is 10.1 Å². The van der Waals surface area contributed by atoms with Gasteiger partial charge < -0.3 is 20.3 Å². The summed E-state index contributed by atoms with van der Waals surface area (Å²) in [6.07, 6.45) is 0.660. The van der Waals surface area contributed by atoms with Crippen molar-refractivity contribution in [2.24, 2.45) is 5.73 Å². The zero-order valence-corrected chi connectivity index (χ0v) is 16.2. The monoisotopic (exact) mass is 414 g/mol. The van der Waals surface area contributed by atoms with Gasteiger partial charge in [-0.15, -0.1) is 0 Å². The molecule has 29 heavy (non-hydrogen) atoms. The Bertz CT molecular complexity index is 971. The molecule has 8 nitrogen and oxygen atoms in total. The maximum atomic E-state index is 12.1. The number of nitrogens with one attached hydrogen (secondary N) is 1. The van der Waals surface area contributed by atoms with Gasteiger partial charge in [0.05, 0.1) is 13.0 Å². The van der Waals surface area contributed by atoms with Crippen LogP contribution in [0.4, 0.5) is 5.69 Å². The second-order valence-electron chi connectivity index (χ2n) is 6.16. The van der Waals surface area contributed by atoms with Crippen LogP contribution in [0.3, 0.4) is 0 Å². The summed E-state index contributed by atoms with van der Waals surface area (Å²) in [6.45, 7) is 0.212. The maximum absolute atomic E-state index is 12.1. The standard InChI is InChI=1S/C20H19ClN4O4/c21-14-3-1-13(2-4-14)20-24-19(29-25-20)10-9-18(27)23-15-5-7-16(8-6-15)28-12-11-17(22)26/h1-8H,9-12H2,(H2,22,26)(H,23,27). The number of aromatic nitrogens is 2. The van der Waals surface area contributed by atoms with E-state index < -0.39 is 5.91 Å². The molecular formula is C20H19ClN4O4. The maximum Gasteiger partial charge on any atom is 0.227 e. The molecule has 0 unspecified atom stereocenters. The van der Waals surface area contributed by atoms with E-state index in [0.29, 0.717) is 34.6 Å². The minimum atomic E-state index is -0.421. The van der Waals surface area contributed by atoms with Gasteiger partial charge in [-0.1, -0.05) is 16.8 Å². The first-order valence-electron chi connectivity index (χ1n) is 8.89. The average Bonchev–Trinajstić information content (AvgIpc) is 3.17. The molecule has 0 fully saturated rings. The average molecular weight is 415 g/mol. The smallest absolute Gasteiger partial charge is 0.227 e. The summed E-state index contributed by atoms with van der Waals surface area (Å²) in [4.78, 5) is 27.1. The number of hydrogen-bond donors (Lipinski definition) is 2. The first-order chi connectivity index (χ1) is 14.0. The Morgan fingerprint density at radius 2 is 1.79 bits per heavy atom. The number of benzene rings is 2. The molecular weight excluding hydrogens is 396 g/mol. The third kappa shape index (κ3) is 6.32. The summed E-state index contributed by atoms with van der Waals surface area (Å²) in [5.41, 5.74) is 6.47. The highest BCUT2D eigenvalue weighted by Gasteiger charge is 2.11. The molecule has 0 saturated carbocycles. The molecule has 2 amide bonds. The molecule has 0 aliphatic rings. The van der Waals surface area contributed by atoms with E-state index >= 15 is 0 Å². The van der Waals surface area contributed by atoms with Crippen molar-refractivity contribution in [3.8, 4) is 17.1 Å². The molecule has 2 aromatic carbocycles. The van der Waals surface area contributed by atoms with Crippen LogP contribution in [0.2, 0.25) is 5.02 Å². The van der Waals surface area contributed by atoms with Crippen LogP contribution in [-0.4, -0.2) is 28.6 Å². The minimum Gasteiger partial charge on any atom is -0.493 e. The van der Waals surface area contributed by atoms with Crippen LogP contribution >= 0.6 is 11.6 Å². The van der Waals surface area contributed by atoms with Crippen LogP contribution in [0.15, 0.2) is 53.1 Å². The third-order valence-electron chi connectivity index (χ3n) is 3.89. The number of aryl methyl sites for hydroxylation is 1. The van der Waals surface area contributed by atoms with Crippen molar-refractivity contribution in [3.63, 3.8) is 0 Å². The highest BCUT2D eigenvalue weighted by molar-refractivity contribution is 6.30. The molecule has 1 aromatic heterocycles. The number of nitrogens with zero attached hydrogens (tertiary/aromatic N) is 2. The Morgan fingerprint density at radius 1 is 1.07 bits per heavy atom. The highest BCUT2D eigenvalue weighted by Crippen LogP contribution is 2.19. The summed E-state index contributed by atoms with van der Waals surface area (Å²) < 4.78 is 10.6. The number of carbonyl (C=O) groups excluding carboxylic acids is 2. The lowest BCUT2D eigenvalue weighted by molar-refractivity contribution is -0.118. The lowest BCUT2D eigenvalue weighted by Gasteiger charge is -2.07. The van der Waals surface area contributed by atoms with Crippen LogP contribution in [-0.2, 0) is 16.0 Å². The van der Waals surface area contributed by atoms with Crippen molar-refractivity contribution in [1.29, 1.82) is 0 Å². The van der Waals surface area contributed by atoms with Crippen LogP contribution in [0, 0.1) is 0 Å². The van der Waals surface area contributed by atoms with Gasteiger partial charge in [-0.2, -0.15) is 4.98 Å². The van der Waals surface area contributed by atoms with Crippen LogP contribution in [0.25, 0.3) is 11.4 Å². The quantitative estimate of drug-likeness (QED) is 0.554. The number of hydrogen-bond acceptors (Lipinski definition) is 6. The zero-order chi connectivity index (χ0) is 20.6. The van der Waals surface area contributed by atoms with Crippen LogP contribution in [0.5, 0.6) is 5.75 Å². The van der Waals surface area contributed by atoms with E-state index in [4.69, 9.17) is 26.6 Å². The molecule has 0 saturated heterocycles. The first kappa shape index (κ1) is 20.3. The molecule has 3 rings (SSSR count). The number of carbonyl (C=O) groups is 2. The van der Waals surface area contributed by atoms with Gasteiger partial charge in [-0.05, 0) is 48.5 Å². The van der Waals surface area contributed by atoms with Gasteiger partial charge >= 0.3 is 0 Å². The van der Waals surface area contributed by atoms with E-state index in [1.165, 1.54) is 0 Å². The second kappa shape index (κ2) is 9.70. The largest absolute Gasteiger partial charge is 0.493 e. The number of amides is 2. The van der Waals surface area contributed by atoms with Gasteiger partial charge in [0.15, 0.2) is 0 Å². The Morgan fingerprint density at radius 3 is 2.48 bits per heavy atom. The number of rotatable bonds is 9. The van der Waals surface area contributed by atoms with Gasteiger partial charge in [0.25, 0.3) is 0 Å². The fraction of sp³-hybridized carbons (Fsp3) is 0.200. The summed E-state index contributed by atoms with van der Waals surface area (Å²) in [6, 6.07) is 13.9. The summed E-state index contributed by atoms with van der Waals surface area (Å²) in [7, 11) is 0. The SMILES string of the molecule is NC(=O)CCOc1ccc(NC(=O)CCc2nc(-c3ccc(Cl)cc3)no2)cc1. The number of nitrogens with two attached hydrogens (primary N) is 1. The van der Waals surface area contributed by atoms with E-state index in [1.54, 1.807) is 48.5 Å². The Balaban J connectivity index is 1.46. The van der Waals surface area contributed by atoms with Crippen molar-refractivity contribution < 1.29 is 18.8 Å². The number of ether oxygens (including phenoxy) is 1. The predicted molar refractivity (Wildman–Crippen MR) is 107 cm³/mol. The molecule has 0 radical (unpaired) electrons. The number of halogens is 1. The molecule has 0 aliphatic carbocycles. The highest BCUT2D eigenvalue weighted by atomic mass is 35.5. The van der Waals surface area contributed by atoms with Gasteiger partial charge in [0, 0.05) is 29.1 Å². The van der Waals surface area contributed by atoms with E-state index in [1.807, 2.05) is 0 Å². The van der Waals surface area contributed by atoms with E-state index in [9.17, 15) is 9.59 Å². The van der Waals surface area contributed by atoms with Crippen LogP contribution in [0.1, 0.15) is 18.7 Å². The molecule has 9 heteroatoms. The van der Waals surface area contributed by atoms with E-state index in [0.717, 1.165) is 5.56 Å². The Kier molecular flexibility index (Phi) is 6.80. The molecule has 0 bridgehead atoms. The lowest BCUT2D eigenvalue weighted by Crippen LogP contribution is -2.14. The molecule has 0 atom stereocenters. The van der Waals surface area contributed by atoms with Gasteiger partial charge in [0.1, 0.15) is 5.75 Å². The molecule has 0 aliphatic heterocycles. The topological polar surface area (TPSA) is 120 Å². The van der Waals surface area contributed by atoms with Gasteiger partial charge in [0.2, 0.25) is 23.5 Å². The Hall–Kier alpha value is -3.39. The number of anilines is 1. The fourth-order valence-electron chi connectivity index (χ4n) is 2.42. The lowest BCUT2D eigenvalue weighted by atomic mass is 10.2. The van der Waals surface area contributed by atoms with Crippen molar-refractivity contribution in [2.75, 3.05) is 11.9 Å². The van der Waals surface area contributed by atoms with Gasteiger partial charge in [-0.3, -0.25) is 9.59 Å². The summed E-state index contributed by atoms with van der Waals surface area (Å²) in [5, 5.41) is 7.33. The van der Waals surface area contributed by atoms with Crippen molar-refractivity contribution >= 4 is 29.1 Å².